The van der Waals surface area contributed by atoms with Crippen LogP contribution < -0.4 is 4.74 Å². The Morgan fingerprint density at radius 2 is 2.19 bits per heavy atom. The third-order valence-electron chi connectivity index (χ3n) is 4.96. The molecule has 0 bridgehead atoms. The van der Waals surface area contributed by atoms with E-state index in [0.717, 1.165) is 42.3 Å². The van der Waals surface area contributed by atoms with Crippen molar-refractivity contribution in [3.63, 3.8) is 0 Å². The molecular weight excluding hydrogens is 328 g/mol. The molecule has 0 saturated carbocycles. The lowest BCUT2D eigenvalue weighted by Gasteiger charge is -2.23. The van der Waals surface area contributed by atoms with Crippen LogP contribution in [0.3, 0.4) is 0 Å². The summed E-state index contributed by atoms with van der Waals surface area (Å²) in [7, 11) is 1.71. The van der Waals surface area contributed by atoms with Crippen molar-refractivity contribution in [1.29, 1.82) is 0 Å². The van der Waals surface area contributed by atoms with Crippen LogP contribution in [0.1, 0.15) is 41.5 Å². The molecule has 26 heavy (non-hydrogen) atoms. The van der Waals surface area contributed by atoms with Crippen LogP contribution in [0, 0.1) is 6.92 Å². The van der Waals surface area contributed by atoms with Gasteiger partial charge in [0.25, 0.3) is 0 Å². The van der Waals surface area contributed by atoms with Gasteiger partial charge < -0.3 is 9.26 Å². The van der Waals surface area contributed by atoms with Gasteiger partial charge in [-0.3, -0.25) is 9.58 Å². The van der Waals surface area contributed by atoms with Crippen LogP contribution in [-0.2, 0) is 13.1 Å². The van der Waals surface area contributed by atoms with Gasteiger partial charge in [-0.15, -0.1) is 0 Å². The van der Waals surface area contributed by atoms with Crippen LogP contribution in [0.5, 0.6) is 5.75 Å². The number of aromatic nitrogens is 3. The van der Waals surface area contributed by atoms with Gasteiger partial charge in [-0.25, -0.2) is 0 Å². The van der Waals surface area contributed by atoms with Gasteiger partial charge in [-0.05, 0) is 50.1 Å². The zero-order valence-corrected chi connectivity index (χ0v) is 15.3. The lowest BCUT2D eigenvalue weighted by Crippen LogP contribution is -2.22. The maximum Gasteiger partial charge on any atom is 0.154 e. The summed E-state index contributed by atoms with van der Waals surface area (Å²) in [5.41, 5.74) is 3.36. The second-order valence-electron chi connectivity index (χ2n) is 6.85. The molecule has 3 aromatic rings. The average molecular weight is 352 g/mol. The molecule has 0 amide bonds. The smallest absolute Gasteiger partial charge is 0.154 e. The highest BCUT2D eigenvalue weighted by Crippen LogP contribution is 2.34. The average Bonchev–Trinajstić information content (AvgIpc) is 3.38. The topological polar surface area (TPSA) is 56.3 Å². The molecule has 6 heteroatoms. The van der Waals surface area contributed by atoms with Crippen molar-refractivity contribution >= 4 is 0 Å². The summed E-state index contributed by atoms with van der Waals surface area (Å²) in [4.78, 5) is 2.47. The van der Waals surface area contributed by atoms with E-state index < -0.39 is 0 Å². The van der Waals surface area contributed by atoms with Crippen LogP contribution in [0.2, 0.25) is 0 Å². The van der Waals surface area contributed by atoms with Crippen LogP contribution in [-0.4, -0.2) is 33.5 Å². The SMILES string of the molecule is COc1ccc(CN2CCC[C@@H]2c2cc(C)no2)cc1Cn1cccn1. The molecule has 0 N–H and O–H groups in total. The third-order valence-corrected chi connectivity index (χ3v) is 4.96. The molecule has 2 aromatic heterocycles. The number of methoxy groups -OCH3 is 1. The van der Waals surface area contributed by atoms with Crippen LogP contribution in [0.15, 0.2) is 47.2 Å². The monoisotopic (exact) mass is 352 g/mol. The summed E-state index contributed by atoms with van der Waals surface area (Å²) in [5, 5.41) is 8.36. The van der Waals surface area contributed by atoms with Crippen molar-refractivity contribution in [3.05, 3.63) is 65.3 Å². The van der Waals surface area contributed by atoms with E-state index in [0.29, 0.717) is 12.6 Å². The predicted octanol–water partition coefficient (Wildman–Crippen LogP) is 3.57. The van der Waals surface area contributed by atoms with Gasteiger partial charge in [0, 0.05) is 30.6 Å². The van der Waals surface area contributed by atoms with E-state index in [1.807, 2.05) is 23.9 Å². The van der Waals surface area contributed by atoms with E-state index in [4.69, 9.17) is 9.26 Å². The van der Waals surface area contributed by atoms with Gasteiger partial charge >= 0.3 is 0 Å². The molecular formula is C20H24N4O2. The third kappa shape index (κ3) is 3.51. The first-order valence-electron chi connectivity index (χ1n) is 9.03. The maximum atomic E-state index is 5.53. The highest BCUT2D eigenvalue weighted by Gasteiger charge is 2.29. The Kier molecular flexibility index (Phi) is 4.75. The van der Waals surface area contributed by atoms with E-state index in [9.17, 15) is 0 Å². The number of benzene rings is 1. The minimum atomic E-state index is 0.313. The lowest BCUT2D eigenvalue weighted by atomic mass is 10.1. The Morgan fingerprint density at radius 1 is 1.27 bits per heavy atom. The molecule has 1 saturated heterocycles. The number of rotatable bonds is 6. The van der Waals surface area contributed by atoms with Crippen molar-refractivity contribution in [2.24, 2.45) is 0 Å². The normalized spacial score (nSPS) is 17.7. The fourth-order valence-corrected chi connectivity index (χ4v) is 3.73. The molecule has 0 radical (unpaired) electrons. The van der Waals surface area contributed by atoms with Gasteiger partial charge in [-0.1, -0.05) is 11.2 Å². The first kappa shape index (κ1) is 16.8. The van der Waals surface area contributed by atoms with E-state index >= 15 is 0 Å². The molecule has 0 unspecified atom stereocenters. The molecule has 1 aromatic carbocycles. The first-order valence-corrected chi connectivity index (χ1v) is 9.03. The summed E-state index contributed by atoms with van der Waals surface area (Å²) in [6.45, 7) is 4.64. The standard InChI is InChI=1S/C20H24N4O2/c1-15-11-20(26-22-15)18-5-3-9-23(18)13-16-6-7-19(25-2)17(12-16)14-24-10-4-8-21-24/h4,6-8,10-12,18H,3,5,9,13-14H2,1-2H3/t18-/m1/s1. The van der Waals surface area contributed by atoms with E-state index in [2.05, 4.69) is 39.4 Å². The number of ether oxygens (including phenoxy) is 1. The minimum absolute atomic E-state index is 0.313. The maximum absolute atomic E-state index is 5.53. The zero-order chi connectivity index (χ0) is 17.9. The molecule has 136 valence electrons. The van der Waals surface area contributed by atoms with E-state index in [-0.39, 0.29) is 0 Å². The van der Waals surface area contributed by atoms with Gasteiger partial charge in [-0.2, -0.15) is 5.10 Å². The Hall–Kier alpha value is -2.60. The van der Waals surface area contributed by atoms with E-state index in [1.54, 1.807) is 13.3 Å². The fraction of sp³-hybridized carbons (Fsp3) is 0.400. The summed E-state index contributed by atoms with van der Waals surface area (Å²) in [5.74, 6) is 1.87. The summed E-state index contributed by atoms with van der Waals surface area (Å²) in [6.07, 6.45) is 6.06. The van der Waals surface area contributed by atoms with Crippen molar-refractivity contribution in [3.8, 4) is 5.75 Å². The minimum Gasteiger partial charge on any atom is -0.496 e. The quantitative estimate of drug-likeness (QED) is 0.679. The lowest BCUT2D eigenvalue weighted by molar-refractivity contribution is 0.206. The summed E-state index contributed by atoms with van der Waals surface area (Å²) in [6, 6.07) is 10.7. The van der Waals surface area contributed by atoms with Crippen LogP contribution in [0.25, 0.3) is 0 Å². The van der Waals surface area contributed by atoms with Crippen LogP contribution >= 0.6 is 0 Å². The fourth-order valence-electron chi connectivity index (χ4n) is 3.73. The largest absolute Gasteiger partial charge is 0.496 e. The number of hydrogen-bond acceptors (Lipinski definition) is 5. The Balaban J connectivity index is 1.54. The second-order valence-corrected chi connectivity index (χ2v) is 6.85. The molecule has 1 atom stereocenters. The highest BCUT2D eigenvalue weighted by atomic mass is 16.5. The molecule has 3 heterocycles. The molecule has 1 aliphatic rings. The molecule has 0 spiro atoms. The Bertz CT molecular complexity index is 857. The van der Waals surface area contributed by atoms with Gasteiger partial charge in [0.1, 0.15) is 5.75 Å². The van der Waals surface area contributed by atoms with Gasteiger partial charge in [0.2, 0.25) is 0 Å². The van der Waals surface area contributed by atoms with Crippen molar-refractivity contribution in [2.75, 3.05) is 13.7 Å². The molecule has 0 aliphatic carbocycles. The summed E-state index contributed by atoms with van der Waals surface area (Å²) >= 11 is 0. The molecule has 1 fully saturated rings. The molecule has 6 nitrogen and oxygen atoms in total. The number of nitrogens with zero attached hydrogens (tertiary/aromatic N) is 4. The van der Waals surface area contributed by atoms with Crippen molar-refractivity contribution in [2.45, 2.75) is 38.9 Å². The number of likely N-dealkylation sites (tertiary alicyclic amines) is 1. The highest BCUT2D eigenvalue weighted by molar-refractivity contribution is 5.37. The zero-order valence-electron chi connectivity index (χ0n) is 15.3. The molecule has 1 aliphatic heterocycles. The summed E-state index contributed by atoms with van der Waals surface area (Å²) < 4.78 is 13.0. The van der Waals surface area contributed by atoms with Gasteiger partial charge in [0.05, 0.1) is 25.4 Å². The van der Waals surface area contributed by atoms with Crippen molar-refractivity contribution < 1.29 is 9.26 Å². The Labute approximate surface area is 153 Å². The van der Waals surface area contributed by atoms with E-state index in [1.165, 1.54) is 12.0 Å². The Morgan fingerprint density at radius 3 is 2.92 bits per heavy atom. The second kappa shape index (κ2) is 7.33. The van der Waals surface area contributed by atoms with Crippen molar-refractivity contribution in [1.82, 2.24) is 19.8 Å². The first-order chi connectivity index (χ1) is 12.7. The van der Waals surface area contributed by atoms with Gasteiger partial charge in [0.15, 0.2) is 5.76 Å². The predicted molar refractivity (Wildman–Crippen MR) is 97.9 cm³/mol. The van der Waals surface area contributed by atoms with Crippen LogP contribution in [0.4, 0.5) is 0 Å². The molecule has 4 rings (SSSR count). The number of aryl methyl sites for hydroxylation is 1. The number of hydrogen-bond donors (Lipinski definition) is 0.